The molecule has 1 N–H and O–H groups in total. The number of fused-ring (bicyclic) bond motifs is 1. The number of methoxy groups -OCH3 is 1. The Hall–Kier alpha value is -2.14. The number of nitrogens with one attached hydrogen (secondary N) is 1. The standard InChI is InChI=1S/C17H22N4O/c1-13-19-17-10-9-15(12-21(17)20-13)18-11-5-7-14-6-3-4-8-16(14)22-2/h3-8,15,18H,9-12H2,1-2H3. The maximum Gasteiger partial charge on any atom is 0.147 e. The van der Waals surface area contributed by atoms with Crippen LogP contribution in [0.3, 0.4) is 0 Å². The summed E-state index contributed by atoms with van der Waals surface area (Å²) < 4.78 is 7.37. The van der Waals surface area contributed by atoms with E-state index in [1.807, 2.05) is 29.8 Å². The SMILES string of the molecule is COc1ccccc1C=CCNC1CCc2nc(C)nn2C1. The third kappa shape index (κ3) is 3.36. The van der Waals surface area contributed by atoms with Crippen LogP contribution in [0.1, 0.15) is 23.6 Å². The van der Waals surface area contributed by atoms with Gasteiger partial charge in [0.1, 0.15) is 17.4 Å². The molecule has 116 valence electrons. The highest BCUT2D eigenvalue weighted by Gasteiger charge is 2.19. The van der Waals surface area contributed by atoms with Gasteiger partial charge in [0, 0.05) is 24.6 Å². The zero-order valence-electron chi connectivity index (χ0n) is 13.1. The third-order valence-corrected chi connectivity index (χ3v) is 3.92. The van der Waals surface area contributed by atoms with Gasteiger partial charge in [-0.1, -0.05) is 30.4 Å². The minimum absolute atomic E-state index is 0.455. The summed E-state index contributed by atoms with van der Waals surface area (Å²) in [6.45, 7) is 3.69. The molecule has 2 aromatic rings. The van der Waals surface area contributed by atoms with Gasteiger partial charge in [0.2, 0.25) is 0 Å². The number of aryl methyl sites for hydroxylation is 2. The van der Waals surface area contributed by atoms with Crippen molar-refractivity contribution in [3.63, 3.8) is 0 Å². The van der Waals surface area contributed by atoms with Gasteiger partial charge in [-0.2, -0.15) is 5.10 Å². The molecule has 5 nitrogen and oxygen atoms in total. The molecule has 3 rings (SSSR count). The molecule has 0 aliphatic carbocycles. The summed E-state index contributed by atoms with van der Waals surface area (Å²) in [5.74, 6) is 2.88. The minimum atomic E-state index is 0.455. The Morgan fingerprint density at radius 1 is 1.41 bits per heavy atom. The van der Waals surface area contributed by atoms with E-state index in [1.54, 1.807) is 7.11 Å². The predicted molar refractivity (Wildman–Crippen MR) is 86.9 cm³/mol. The second-order valence-electron chi connectivity index (χ2n) is 5.55. The van der Waals surface area contributed by atoms with Crippen LogP contribution < -0.4 is 10.1 Å². The highest BCUT2D eigenvalue weighted by Crippen LogP contribution is 2.18. The molecule has 0 radical (unpaired) electrons. The molecule has 0 saturated heterocycles. The zero-order valence-corrected chi connectivity index (χ0v) is 13.1. The molecule has 1 atom stereocenters. The molecule has 1 aromatic heterocycles. The van der Waals surface area contributed by atoms with E-state index in [0.29, 0.717) is 6.04 Å². The summed E-state index contributed by atoms with van der Waals surface area (Å²) in [7, 11) is 1.70. The fourth-order valence-corrected chi connectivity index (χ4v) is 2.83. The Kier molecular flexibility index (Phi) is 4.53. The smallest absolute Gasteiger partial charge is 0.147 e. The van der Waals surface area contributed by atoms with Crippen LogP contribution in [0.4, 0.5) is 0 Å². The lowest BCUT2D eigenvalue weighted by Crippen LogP contribution is -2.37. The summed E-state index contributed by atoms with van der Waals surface area (Å²) in [6.07, 6.45) is 6.34. The zero-order chi connectivity index (χ0) is 15.4. The van der Waals surface area contributed by atoms with Crippen LogP contribution >= 0.6 is 0 Å². The Morgan fingerprint density at radius 3 is 3.14 bits per heavy atom. The van der Waals surface area contributed by atoms with E-state index in [2.05, 4.69) is 33.6 Å². The summed E-state index contributed by atoms with van der Waals surface area (Å²) in [5, 5.41) is 7.99. The van der Waals surface area contributed by atoms with Gasteiger partial charge >= 0.3 is 0 Å². The van der Waals surface area contributed by atoms with Gasteiger partial charge in [-0.05, 0) is 19.4 Å². The molecule has 0 amide bonds. The van der Waals surface area contributed by atoms with E-state index in [-0.39, 0.29) is 0 Å². The monoisotopic (exact) mass is 298 g/mol. The van der Waals surface area contributed by atoms with Crippen molar-refractivity contribution in [1.29, 1.82) is 0 Å². The van der Waals surface area contributed by atoms with Gasteiger partial charge in [0.05, 0.1) is 13.7 Å². The fraction of sp³-hybridized carbons (Fsp3) is 0.412. The Bertz CT molecular complexity index is 662. The maximum atomic E-state index is 5.34. The second kappa shape index (κ2) is 6.75. The molecule has 0 bridgehead atoms. The molecular formula is C17H22N4O. The third-order valence-electron chi connectivity index (χ3n) is 3.92. The number of hydrogen-bond donors (Lipinski definition) is 1. The van der Waals surface area contributed by atoms with Crippen molar-refractivity contribution in [2.75, 3.05) is 13.7 Å². The lowest BCUT2D eigenvalue weighted by Gasteiger charge is -2.23. The number of nitrogens with zero attached hydrogens (tertiary/aromatic N) is 3. The lowest BCUT2D eigenvalue weighted by molar-refractivity contribution is 0.369. The molecule has 0 fully saturated rings. The van der Waals surface area contributed by atoms with Gasteiger partial charge in [0.25, 0.3) is 0 Å². The first-order valence-corrected chi connectivity index (χ1v) is 7.69. The molecule has 1 unspecified atom stereocenters. The highest BCUT2D eigenvalue weighted by molar-refractivity contribution is 5.57. The maximum absolute atomic E-state index is 5.34. The van der Waals surface area contributed by atoms with E-state index in [1.165, 1.54) is 0 Å². The van der Waals surface area contributed by atoms with Gasteiger partial charge < -0.3 is 10.1 Å². The minimum Gasteiger partial charge on any atom is -0.496 e. The van der Waals surface area contributed by atoms with Crippen molar-refractivity contribution in [2.24, 2.45) is 0 Å². The fourth-order valence-electron chi connectivity index (χ4n) is 2.83. The molecule has 0 saturated carbocycles. The molecular weight excluding hydrogens is 276 g/mol. The van der Waals surface area contributed by atoms with Crippen molar-refractivity contribution in [2.45, 2.75) is 32.4 Å². The van der Waals surface area contributed by atoms with Gasteiger partial charge in [-0.25, -0.2) is 9.67 Å². The van der Waals surface area contributed by atoms with Crippen LogP contribution in [-0.4, -0.2) is 34.5 Å². The number of aromatic nitrogens is 3. The molecule has 1 aliphatic heterocycles. The first-order valence-electron chi connectivity index (χ1n) is 7.69. The number of benzene rings is 1. The summed E-state index contributed by atoms with van der Waals surface area (Å²) in [4.78, 5) is 4.44. The molecule has 1 aliphatic rings. The number of rotatable bonds is 5. The predicted octanol–water partition coefficient (Wildman–Crippen LogP) is 2.21. The van der Waals surface area contributed by atoms with Gasteiger partial charge in [-0.15, -0.1) is 0 Å². The summed E-state index contributed by atoms with van der Waals surface area (Å²) in [6, 6.07) is 8.49. The summed E-state index contributed by atoms with van der Waals surface area (Å²) in [5.41, 5.74) is 1.10. The largest absolute Gasteiger partial charge is 0.496 e. The Balaban J connectivity index is 1.52. The van der Waals surface area contributed by atoms with E-state index < -0.39 is 0 Å². The first-order chi connectivity index (χ1) is 10.8. The van der Waals surface area contributed by atoms with Crippen LogP contribution in [0, 0.1) is 6.92 Å². The first kappa shape index (κ1) is 14.8. The highest BCUT2D eigenvalue weighted by atomic mass is 16.5. The molecule has 22 heavy (non-hydrogen) atoms. The van der Waals surface area contributed by atoms with Crippen molar-refractivity contribution < 1.29 is 4.74 Å². The number of para-hydroxylation sites is 1. The van der Waals surface area contributed by atoms with Gasteiger partial charge in [-0.3, -0.25) is 0 Å². The van der Waals surface area contributed by atoms with Crippen LogP contribution in [-0.2, 0) is 13.0 Å². The number of hydrogen-bond acceptors (Lipinski definition) is 4. The van der Waals surface area contributed by atoms with Crippen LogP contribution in [0.25, 0.3) is 6.08 Å². The van der Waals surface area contributed by atoms with Crippen LogP contribution in [0.15, 0.2) is 30.3 Å². The van der Waals surface area contributed by atoms with Crippen molar-refractivity contribution in [1.82, 2.24) is 20.1 Å². The normalized spacial score (nSPS) is 17.6. The summed E-state index contributed by atoms with van der Waals surface area (Å²) >= 11 is 0. The van der Waals surface area contributed by atoms with E-state index >= 15 is 0 Å². The quantitative estimate of drug-likeness (QED) is 0.919. The topological polar surface area (TPSA) is 52.0 Å². The van der Waals surface area contributed by atoms with E-state index in [9.17, 15) is 0 Å². The lowest BCUT2D eigenvalue weighted by atomic mass is 10.1. The Labute approximate surface area is 131 Å². The van der Waals surface area contributed by atoms with Crippen molar-refractivity contribution >= 4 is 6.08 Å². The van der Waals surface area contributed by atoms with Crippen molar-refractivity contribution in [3.8, 4) is 5.75 Å². The average molecular weight is 298 g/mol. The molecule has 5 heteroatoms. The molecule has 1 aromatic carbocycles. The van der Waals surface area contributed by atoms with Crippen LogP contribution in [0.5, 0.6) is 5.75 Å². The number of ether oxygens (including phenoxy) is 1. The molecule has 0 spiro atoms. The van der Waals surface area contributed by atoms with E-state index in [0.717, 1.165) is 48.9 Å². The van der Waals surface area contributed by atoms with Crippen LogP contribution in [0.2, 0.25) is 0 Å². The Morgan fingerprint density at radius 2 is 2.27 bits per heavy atom. The van der Waals surface area contributed by atoms with Crippen molar-refractivity contribution in [3.05, 3.63) is 47.6 Å². The average Bonchev–Trinajstić information content (AvgIpc) is 2.91. The van der Waals surface area contributed by atoms with E-state index in [4.69, 9.17) is 4.74 Å². The molecule has 2 heterocycles. The second-order valence-corrected chi connectivity index (χ2v) is 5.55. The van der Waals surface area contributed by atoms with Gasteiger partial charge in [0.15, 0.2) is 0 Å².